The fourth-order valence-electron chi connectivity index (χ4n) is 4.65. The van der Waals surface area contributed by atoms with Crippen LogP contribution in [0.4, 0.5) is 0 Å². The van der Waals surface area contributed by atoms with Crippen molar-refractivity contribution in [3.63, 3.8) is 0 Å². The minimum absolute atomic E-state index is 0.0138. The third-order valence-electron chi connectivity index (χ3n) is 6.30. The average molecular weight is 429 g/mol. The van der Waals surface area contributed by atoms with Gasteiger partial charge in [-0.05, 0) is 49.9 Å². The molecule has 3 aliphatic rings. The number of sulfonamides is 1. The van der Waals surface area contributed by atoms with Crippen LogP contribution in [0.5, 0.6) is 5.88 Å². The number of benzene rings is 1. The van der Waals surface area contributed by atoms with E-state index in [4.69, 9.17) is 4.74 Å². The Bertz CT molecular complexity index is 1020. The Kier molecular flexibility index (Phi) is 5.03. The summed E-state index contributed by atoms with van der Waals surface area (Å²) in [7, 11) is -3.49. The summed E-state index contributed by atoms with van der Waals surface area (Å²) in [6, 6.07) is 5.69. The van der Waals surface area contributed by atoms with Crippen LogP contribution >= 0.6 is 0 Å². The second-order valence-corrected chi connectivity index (χ2v) is 10.8. The first-order chi connectivity index (χ1) is 14.4. The molecule has 3 heterocycles. The Hall–Kier alpha value is -2.03. The van der Waals surface area contributed by atoms with Gasteiger partial charge in [-0.3, -0.25) is 9.88 Å². The third kappa shape index (κ3) is 3.96. The summed E-state index contributed by atoms with van der Waals surface area (Å²) < 4.78 is 34.1. The van der Waals surface area contributed by atoms with E-state index >= 15 is 0 Å². The number of hydrogen-bond acceptors (Lipinski definition) is 6. The van der Waals surface area contributed by atoms with Crippen LogP contribution in [0.15, 0.2) is 35.5 Å². The molecule has 1 aliphatic carbocycles. The lowest BCUT2D eigenvalue weighted by atomic mass is 10.2. The van der Waals surface area contributed by atoms with Gasteiger partial charge < -0.3 is 4.74 Å². The number of nitrogens with zero attached hydrogens (tertiary/aromatic N) is 4. The zero-order valence-corrected chi connectivity index (χ0v) is 18.3. The normalized spacial score (nSPS) is 25.3. The zero-order chi connectivity index (χ0) is 20.9. The highest BCUT2D eigenvalue weighted by Crippen LogP contribution is 2.38. The smallest absolute Gasteiger partial charge is 0.243 e. The van der Waals surface area contributed by atoms with Gasteiger partial charge >= 0.3 is 0 Å². The Labute approximate surface area is 178 Å². The quantitative estimate of drug-likeness (QED) is 0.728. The van der Waals surface area contributed by atoms with E-state index in [1.807, 2.05) is 26.1 Å². The van der Waals surface area contributed by atoms with Crippen molar-refractivity contribution in [1.82, 2.24) is 19.2 Å². The number of aromatic nitrogens is 2. The van der Waals surface area contributed by atoms with E-state index in [0.717, 1.165) is 36.3 Å². The van der Waals surface area contributed by atoms with Crippen LogP contribution in [0.3, 0.4) is 0 Å². The van der Waals surface area contributed by atoms with E-state index in [-0.39, 0.29) is 12.1 Å². The van der Waals surface area contributed by atoms with Crippen LogP contribution in [0, 0.1) is 13.8 Å². The highest BCUT2D eigenvalue weighted by molar-refractivity contribution is 7.89. The second kappa shape index (κ2) is 7.59. The van der Waals surface area contributed by atoms with Gasteiger partial charge in [-0.2, -0.15) is 4.31 Å². The zero-order valence-electron chi connectivity index (χ0n) is 17.5. The van der Waals surface area contributed by atoms with Crippen LogP contribution in [0.2, 0.25) is 0 Å². The van der Waals surface area contributed by atoms with Crippen molar-refractivity contribution in [2.24, 2.45) is 0 Å². The van der Waals surface area contributed by atoms with Crippen molar-refractivity contribution >= 4 is 10.0 Å². The Morgan fingerprint density at radius 1 is 1.00 bits per heavy atom. The largest absolute Gasteiger partial charge is 0.472 e. The summed E-state index contributed by atoms with van der Waals surface area (Å²) in [5.41, 5.74) is 2.99. The van der Waals surface area contributed by atoms with Crippen LogP contribution in [-0.2, 0) is 10.0 Å². The predicted octanol–water partition coefficient (Wildman–Crippen LogP) is 2.50. The van der Waals surface area contributed by atoms with Gasteiger partial charge in [0.15, 0.2) is 0 Å². The van der Waals surface area contributed by atoms with Gasteiger partial charge in [-0.15, -0.1) is 0 Å². The highest BCUT2D eigenvalue weighted by Gasteiger charge is 2.41. The van der Waals surface area contributed by atoms with Gasteiger partial charge in [0.2, 0.25) is 15.9 Å². The minimum atomic E-state index is -3.49. The topological polar surface area (TPSA) is 75.6 Å². The summed E-state index contributed by atoms with van der Waals surface area (Å²) >= 11 is 0. The maximum atomic E-state index is 13.2. The standard InChI is InChI=1S/C22H28N4O3S/c1-15-7-16(2)9-20(8-15)30(27,28)26-6-5-25-14-19(10-18(25)13-26)29-22-12-23-21(11-24-22)17-3-4-17/h7-9,11-12,17-19H,3-6,10,13-14H2,1-2H3/t18-,19+/m0/s1. The van der Waals surface area contributed by atoms with Gasteiger partial charge in [0, 0.05) is 44.6 Å². The van der Waals surface area contributed by atoms with Crippen LogP contribution in [-0.4, -0.2) is 65.9 Å². The Balaban J connectivity index is 1.24. The molecule has 0 N–H and O–H groups in total. The van der Waals surface area contributed by atoms with Gasteiger partial charge in [0.05, 0.1) is 23.0 Å². The highest BCUT2D eigenvalue weighted by atomic mass is 32.2. The molecule has 7 nitrogen and oxygen atoms in total. The van der Waals surface area contributed by atoms with Crippen molar-refractivity contribution in [3.8, 4) is 5.88 Å². The first-order valence-corrected chi connectivity index (χ1v) is 12.1. The van der Waals surface area contributed by atoms with E-state index in [1.54, 1.807) is 22.6 Å². The van der Waals surface area contributed by atoms with E-state index in [2.05, 4.69) is 14.9 Å². The molecule has 1 aromatic heterocycles. The molecule has 160 valence electrons. The number of aryl methyl sites for hydroxylation is 2. The lowest BCUT2D eigenvalue weighted by Crippen LogP contribution is -2.51. The van der Waals surface area contributed by atoms with Crippen LogP contribution < -0.4 is 4.74 Å². The lowest BCUT2D eigenvalue weighted by molar-refractivity contribution is 0.151. The predicted molar refractivity (Wildman–Crippen MR) is 113 cm³/mol. The minimum Gasteiger partial charge on any atom is -0.472 e. The second-order valence-electron chi connectivity index (χ2n) is 8.86. The average Bonchev–Trinajstić information content (AvgIpc) is 3.47. The molecule has 2 atom stereocenters. The number of piperazine rings is 1. The maximum absolute atomic E-state index is 13.2. The molecule has 5 rings (SSSR count). The molecule has 30 heavy (non-hydrogen) atoms. The SMILES string of the molecule is Cc1cc(C)cc(S(=O)(=O)N2CCN3C[C@H](Oc4cnc(C5CC5)cn4)C[C@H]3C2)c1. The van der Waals surface area contributed by atoms with Crippen LogP contribution in [0.1, 0.15) is 42.0 Å². The van der Waals surface area contributed by atoms with E-state index in [0.29, 0.717) is 29.8 Å². The molecule has 0 unspecified atom stereocenters. The number of ether oxygens (including phenoxy) is 1. The van der Waals surface area contributed by atoms with Crippen molar-refractivity contribution in [1.29, 1.82) is 0 Å². The molecule has 0 amide bonds. The summed E-state index contributed by atoms with van der Waals surface area (Å²) in [6.45, 7) is 6.40. The molecule has 3 fully saturated rings. The molecule has 0 spiro atoms. The number of rotatable bonds is 5. The maximum Gasteiger partial charge on any atom is 0.243 e. The van der Waals surface area contributed by atoms with Crippen molar-refractivity contribution in [3.05, 3.63) is 47.4 Å². The summed E-state index contributed by atoms with van der Waals surface area (Å²) in [5.74, 6) is 1.14. The van der Waals surface area contributed by atoms with Crippen molar-refractivity contribution in [2.75, 3.05) is 26.2 Å². The molecule has 8 heteroatoms. The first-order valence-electron chi connectivity index (χ1n) is 10.7. The molecule has 1 saturated carbocycles. The number of fused-ring (bicyclic) bond motifs is 1. The molecule has 2 aromatic rings. The van der Waals surface area contributed by atoms with Crippen molar-refractivity contribution < 1.29 is 13.2 Å². The fourth-order valence-corrected chi connectivity index (χ4v) is 6.31. The summed E-state index contributed by atoms with van der Waals surface area (Å²) in [6.07, 6.45) is 6.77. The Morgan fingerprint density at radius 2 is 1.77 bits per heavy atom. The van der Waals surface area contributed by atoms with Gasteiger partial charge in [0.1, 0.15) is 6.10 Å². The molecule has 0 bridgehead atoms. The fraction of sp³-hybridized carbons (Fsp3) is 0.545. The molecule has 0 radical (unpaired) electrons. The van der Waals surface area contributed by atoms with Gasteiger partial charge in [-0.25, -0.2) is 13.4 Å². The molecule has 2 saturated heterocycles. The van der Waals surface area contributed by atoms with Crippen LogP contribution in [0.25, 0.3) is 0 Å². The first kappa shape index (κ1) is 19.9. The van der Waals surface area contributed by atoms with E-state index in [1.165, 1.54) is 12.8 Å². The third-order valence-corrected chi connectivity index (χ3v) is 8.15. The lowest BCUT2D eigenvalue weighted by Gasteiger charge is -2.36. The van der Waals surface area contributed by atoms with Crippen molar-refractivity contribution in [2.45, 2.75) is 56.1 Å². The Morgan fingerprint density at radius 3 is 2.43 bits per heavy atom. The molecule has 1 aromatic carbocycles. The number of hydrogen-bond donors (Lipinski definition) is 0. The molecular formula is C22H28N4O3S. The molecule has 2 aliphatic heterocycles. The summed E-state index contributed by atoms with van der Waals surface area (Å²) in [4.78, 5) is 11.6. The molecular weight excluding hydrogens is 400 g/mol. The monoisotopic (exact) mass is 428 g/mol. The van der Waals surface area contributed by atoms with E-state index < -0.39 is 10.0 Å². The van der Waals surface area contributed by atoms with Gasteiger partial charge in [0.25, 0.3) is 0 Å². The van der Waals surface area contributed by atoms with E-state index in [9.17, 15) is 8.42 Å². The summed E-state index contributed by atoms with van der Waals surface area (Å²) in [5, 5.41) is 0. The van der Waals surface area contributed by atoms with Gasteiger partial charge in [-0.1, -0.05) is 6.07 Å².